The average molecular weight is 250 g/mol. The van der Waals surface area contributed by atoms with Gasteiger partial charge < -0.3 is 15.0 Å². The molecule has 1 unspecified atom stereocenters. The number of rotatable bonds is 4. The van der Waals surface area contributed by atoms with E-state index >= 15 is 0 Å². The molecule has 5 nitrogen and oxygen atoms in total. The highest BCUT2D eigenvalue weighted by Crippen LogP contribution is 2.21. The van der Waals surface area contributed by atoms with E-state index in [2.05, 4.69) is 27.1 Å². The van der Waals surface area contributed by atoms with Crippen LogP contribution in [0, 0.1) is 6.92 Å². The third-order valence-electron chi connectivity index (χ3n) is 3.21. The van der Waals surface area contributed by atoms with E-state index in [1.165, 1.54) is 0 Å². The van der Waals surface area contributed by atoms with Crippen LogP contribution in [0.4, 0.5) is 5.82 Å². The molecule has 100 valence electrons. The molecule has 0 aromatic carbocycles. The molecular formula is C13H22N4O. The van der Waals surface area contributed by atoms with E-state index in [0.29, 0.717) is 18.5 Å². The summed E-state index contributed by atoms with van der Waals surface area (Å²) in [6.45, 7) is 9.73. The first-order valence-electron chi connectivity index (χ1n) is 6.70. The number of piperazine rings is 1. The number of nitrogens with zero attached hydrogens (tertiary/aromatic N) is 3. The predicted octanol–water partition coefficient (Wildman–Crippen LogP) is 1.37. The zero-order chi connectivity index (χ0) is 13.0. The maximum absolute atomic E-state index is 5.49. The van der Waals surface area contributed by atoms with Gasteiger partial charge in [0, 0.05) is 31.7 Å². The van der Waals surface area contributed by atoms with E-state index in [4.69, 9.17) is 4.74 Å². The van der Waals surface area contributed by atoms with Crippen molar-refractivity contribution in [2.75, 3.05) is 31.1 Å². The Kier molecular flexibility index (Phi) is 4.36. The smallest absolute Gasteiger partial charge is 0.218 e. The van der Waals surface area contributed by atoms with Crippen molar-refractivity contribution in [1.29, 1.82) is 0 Å². The fourth-order valence-electron chi connectivity index (χ4n) is 2.32. The number of hydrogen-bond donors (Lipinski definition) is 1. The van der Waals surface area contributed by atoms with Gasteiger partial charge in [0.05, 0.1) is 6.61 Å². The number of aryl methyl sites for hydroxylation is 1. The van der Waals surface area contributed by atoms with Crippen molar-refractivity contribution in [3.63, 3.8) is 0 Å². The number of aromatic nitrogens is 2. The minimum Gasteiger partial charge on any atom is -0.478 e. The van der Waals surface area contributed by atoms with Gasteiger partial charge in [-0.2, -0.15) is 4.98 Å². The van der Waals surface area contributed by atoms with E-state index in [9.17, 15) is 0 Å². The average Bonchev–Trinajstić information content (AvgIpc) is 2.38. The third kappa shape index (κ3) is 2.90. The van der Waals surface area contributed by atoms with Crippen LogP contribution in [0.1, 0.15) is 26.1 Å². The molecule has 1 atom stereocenters. The Morgan fingerprint density at radius 1 is 1.44 bits per heavy atom. The van der Waals surface area contributed by atoms with Crippen molar-refractivity contribution in [2.24, 2.45) is 0 Å². The van der Waals surface area contributed by atoms with Crippen LogP contribution in [0.5, 0.6) is 5.88 Å². The summed E-state index contributed by atoms with van der Waals surface area (Å²) in [5.41, 5.74) is 0. The first kappa shape index (κ1) is 13.1. The van der Waals surface area contributed by atoms with Crippen LogP contribution in [0.2, 0.25) is 0 Å². The maximum atomic E-state index is 5.49. The topological polar surface area (TPSA) is 50.3 Å². The molecule has 1 fully saturated rings. The zero-order valence-corrected chi connectivity index (χ0v) is 11.4. The van der Waals surface area contributed by atoms with E-state index in [-0.39, 0.29) is 0 Å². The van der Waals surface area contributed by atoms with Gasteiger partial charge in [-0.05, 0) is 20.3 Å². The van der Waals surface area contributed by atoms with Gasteiger partial charge in [-0.3, -0.25) is 0 Å². The summed E-state index contributed by atoms with van der Waals surface area (Å²) in [5, 5.41) is 3.42. The van der Waals surface area contributed by atoms with Gasteiger partial charge in [-0.15, -0.1) is 0 Å². The van der Waals surface area contributed by atoms with Crippen molar-refractivity contribution in [3.05, 3.63) is 11.9 Å². The summed E-state index contributed by atoms with van der Waals surface area (Å²) >= 11 is 0. The summed E-state index contributed by atoms with van der Waals surface area (Å²) in [5.74, 6) is 2.43. The molecule has 5 heteroatoms. The fraction of sp³-hybridized carbons (Fsp3) is 0.692. The third-order valence-corrected chi connectivity index (χ3v) is 3.21. The standard InChI is InChI=1S/C13H22N4O/c1-4-11-9-14-6-7-17(11)12-8-13(18-5-2)16-10(3)15-12/h8,11,14H,4-7,9H2,1-3H3. The lowest BCUT2D eigenvalue weighted by Crippen LogP contribution is -2.51. The second kappa shape index (κ2) is 6.00. The molecule has 1 aliphatic rings. The van der Waals surface area contributed by atoms with Crippen molar-refractivity contribution in [2.45, 2.75) is 33.2 Å². The number of nitrogens with one attached hydrogen (secondary N) is 1. The molecule has 1 saturated heterocycles. The van der Waals surface area contributed by atoms with E-state index in [1.54, 1.807) is 0 Å². The van der Waals surface area contributed by atoms with Gasteiger partial charge in [0.2, 0.25) is 5.88 Å². The molecule has 1 N–H and O–H groups in total. The van der Waals surface area contributed by atoms with Gasteiger partial charge in [0.25, 0.3) is 0 Å². The SMILES string of the molecule is CCOc1cc(N2CCNCC2CC)nc(C)n1. The monoisotopic (exact) mass is 250 g/mol. The Bertz CT molecular complexity index is 397. The quantitative estimate of drug-likeness (QED) is 0.874. The second-order valence-corrected chi connectivity index (χ2v) is 4.50. The van der Waals surface area contributed by atoms with Crippen LogP contribution in [0.25, 0.3) is 0 Å². The normalized spacial score (nSPS) is 19.9. The summed E-state index contributed by atoms with van der Waals surface area (Å²) < 4.78 is 5.49. The van der Waals surface area contributed by atoms with Crippen molar-refractivity contribution in [1.82, 2.24) is 15.3 Å². The van der Waals surface area contributed by atoms with Crippen LogP contribution >= 0.6 is 0 Å². The molecule has 1 aromatic heterocycles. The molecule has 0 amide bonds. The molecule has 0 radical (unpaired) electrons. The molecule has 18 heavy (non-hydrogen) atoms. The van der Waals surface area contributed by atoms with E-state index < -0.39 is 0 Å². The van der Waals surface area contributed by atoms with Crippen LogP contribution in [-0.2, 0) is 0 Å². The Morgan fingerprint density at radius 3 is 3.00 bits per heavy atom. The number of ether oxygens (including phenoxy) is 1. The Labute approximate surface area is 109 Å². The van der Waals surface area contributed by atoms with Crippen LogP contribution < -0.4 is 15.0 Å². The first-order valence-corrected chi connectivity index (χ1v) is 6.70. The van der Waals surface area contributed by atoms with Crippen molar-refractivity contribution >= 4 is 5.82 Å². The maximum Gasteiger partial charge on any atom is 0.218 e. The fourth-order valence-corrected chi connectivity index (χ4v) is 2.32. The minimum atomic E-state index is 0.502. The molecule has 1 aliphatic heterocycles. The van der Waals surface area contributed by atoms with Gasteiger partial charge in [-0.25, -0.2) is 4.98 Å². The highest BCUT2D eigenvalue weighted by Gasteiger charge is 2.22. The Morgan fingerprint density at radius 2 is 2.28 bits per heavy atom. The Balaban J connectivity index is 2.24. The largest absolute Gasteiger partial charge is 0.478 e. The zero-order valence-electron chi connectivity index (χ0n) is 11.4. The first-order chi connectivity index (χ1) is 8.74. The lowest BCUT2D eigenvalue weighted by molar-refractivity contribution is 0.325. The molecule has 0 bridgehead atoms. The molecule has 1 aromatic rings. The van der Waals surface area contributed by atoms with Gasteiger partial charge in [0.15, 0.2) is 0 Å². The van der Waals surface area contributed by atoms with Gasteiger partial charge in [-0.1, -0.05) is 6.92 Å². The van der Waals surface area contributed by atoms with Crippen LogP contribution in [-0.4, -0.2) is 42.3 Å². The highest BCUT2D eigenvalue weighted by molar-refractivity contribution is 5.43. The minimum absolute atomic E-state index is 0.502. The summed E-state index contributed by atoms with van der Waals surface area (Å²) in [6, 6.07) is 2.45. The van der Waals surface area contributed by atoms with E-state index in [1.807, 2.05) is 19.9 Å². The lowest BCUT2D eigenvalue weighted by atomic mass is 10.1. The highest BCUT2D eigenvalue weighted by atomic mass is 16.5. The predicted molar refractivity (Wildman–Crippen MR) is 72.2 cm³/mol. The summed E-state index contributed by atoms with van der Waals surface area (Å²) in [7, 11) is 0. The lowest BCUT2D eigenvalue weighted by Gasteiger charge is -2.36. The van der Waals surface area contributed by atoms with Crippen LogP contribution in [0.15, 0.2) is 6.07 Å². The van der Waals surface area contributed by atoms with Crippen molar-refractivity contribution < 1.29 is 4.74 Å². The molecule has 0 saturated carbocycles. The Hall–Kier alpha value is -1.36. The second-order valence-electron chi connectivity index (χ2n) is 4.50. The van der Waals surface area contributed by atoms with Gasteiger partial charge in [0.1, 0.15) is 11.6 Å². The van der Waals surface area contributed by atoms with Crippen LogP contribution in [0.3, 0.4) is 0 Å². The number of hydrogen-bond acceptors (Lipinski definition) is 5. The number of anilines is 1. The molecular weight excluding hydrogens is 228 g/mol. The molecule has 0 aliphatic carbocycles. The van der Waals surface area contributed by atoms with E-state index in [0.717, 1.165) is 37.7 Å². The molecule has 2 rings (SSSR count). The summed E-state index contributed by atoms with van der Waals surface area (Å²) in [4.78, 5) is 11.2. The van der Waals surface area contributed by atoms with Gasteiger partial charge >= 0.3 is 0 Å². The molecule has 0 spiro atoms. The van der Waals surface area contributed by atoms with Crippen molar-refractivity contribution in [3.8, 4) is 5.88 Å². The molecule has 2 heterocycles. The summed E-state index contributed by atoms with van der Waals surface area (Å²) in [6.07, 6.45) is 1.11.